The molecule has 0 saturated carbocycles. The molecule has 0 radical (unpaired) electrons. The van der Waals surface area contributed by atoms with E-state index in [1.807, 2.05) is 0 Å². The lowest BCUT2D eigenvalue weighted by atomic mass is 10.2. The van der Waals surface area contributed by atoms with Crippen LogP contribution in [0, 0.1) is 15.9 Å². The first-order valence-corrected chi connectivity index (χ1v) is 5.80. The molecule has 0 unspecified atom stereocenters. The minimum atomic E-state index is -0.719. The number of methoxy groups -OCH3 is 1. The number of nitro groups is 1. The molecule has 21 heavy (non-hydrogen) atoms. The maximum Gasteiger partial charge on any atom is 0.312 e. The standard InChI is InChI=1S/C14H10FNO5/c1-20-13-4-2-3-10(15)14(13)21-12-6-5-9(8-17)7-11(12)16(18)19/h2-8H,1H3. The Morgan fingerprint density at radius 2 is 2.00 bits per heavy atom. The Morgan fingerprint density at radius 1 is 1.24 bits per heavy atom. The van der Waals surface area contributed by atoms with E-state index >= 15 is 0 Å². The summed E-state index contributed by atoms with van der Waals surface area (Å²) in [7, 11) is 1.32. The largest absolute Gasteiger partial charge is 0.493 e. The van der Waals surface area contributed by atoms with Gasteiger partial charge in [-0.15, -0.1) is 0 Å². The van der Waals surface area contributed by atoms with Crippen molar-refractivity contribution in [2.24, 2.45) is 0 Å². The Hall–Kier alpha value is -2.96. The van der Waals surface area contributed by atoms with Crippen LogP contribution in [-0.2, 0) is 0 Å². The second-order valence-electron chi connectivity index (χ2n) is 3.98. The summed E-state index contributed by atoms with van der Waals surface area (Å²) in [5.41, 5.74) is -0.320. The molecule has 2 rings (SSSR count). The highest BCUT2D eigenvalue weighted by Crippen LogP contribution is 2.38. The van der Waals surface area contributed by atoms with Gasteiger partial charge in [-0.1, -0.05) is 6.07 Å². The number of ether oxygens (including phenoxy) is 2. The van der Waals surface area contributed by atoms with Crippen LogP contribution in [0.2, 0.25) is 0 Å². The number of hydrogen-bond acceptors (Lipinski definition) is 5. The quantitative estimate of drug-likeness (QED) is 0.479. The van der Waals surface area contributed by atoms with Crippen LogP contribution in [0.3, 0.4) is 0 Å². The van der Waals surface area contributed by atoms with E-state index in [0.29, 0.717) is 6.29 Å². The highest BCUT2D eigenvalue weighted by atomic mass is 19.1. The fourth-order valence-corrected chi connectivity index (χ4v) is 1.70. The van der Waals surface area contributed by atoms with E-state index < -0.39 is 16.4 Å². The van der Waals surface area contributed by atoms with Crippen molar-refractivity contribution >= 4 is 12.0 Å². The van der Waals surface area contributed by atoms with Crippen molar-refractivity contribution in [3.8, 4) is 17.2 Å². The van der Waals surface area contributed by atoms with Crippen molar-refractivity contribution in [3.63, 3.8) is 0 Å². The van der Waals surface area contributed by atoms with E-state index in [1.165, 1.54) is 31.4 Å². The summed E-state index contributed by atoms with van der Waals surface area (Å²) < 4.78 is 24.0. The average Bonchev–Trinajstić information content (AvgIpc) is 2.49. The van der Waals surface area contributed by atoms with E-state index in [1.54, 1.807) is 0 Å². The zero-order chi connectivity index (χ0) is 15.4. The molecule has 0 amide bonds. The molecule has 0 heterocycles. The lowest BCUT2D eigenvalue weighted by molar-refractivity contribution is -0.385. The molecule has 0 saturated heterocycles. The third-order valence-electron chi connectivity index (χ3n) is 2.68. The number of rotatable bonds is 5. The van der Waals surface area contributed by atoms with E-state index in [-0.39, 0.29) is 22.8 Å². The van der Waals surface area contributed by atoms with Gasteiger partial charge in [0.25, 0.3) is 0 Å². The summed E-state index contributed by atoms with van der Waals surface area (Å²) in [5, 5.41) is 11.0. The van der Waals surface area contributed by atoms with Crippen molar-refractivity contribution in [2.75, 3.05) is 7.11 Å². The average molecular weight is 291 g/mol. The zero-order valence-corrected chi connectivity index (χ0v) is 10.9. The van der Waals surface area contributed by atoms with Crippen molar-refractivity contribution in [1.29, 1.82) is 0 Å². The molecular formula is C14H10FNO5. The zero-order valence-electron chi connectivity index (χ0n) is 10.9. The first kappa shape index (κ1) is 14.4. The van der Waals surface area contributed by atoms with E-state index in [2.05, 4.69) is 0 Å². The number of carbonyl (C=O) groups excluding carboxylic acids is 1. The Kier molecular flexibility index (Phi) is 4.13. The summed E-state index contributed by atoms with van der Waals surface area (Å²) in [6.07, 6.45) is 0.473. The fraction of sp³-hybridized carbons (Fsp3) is 0.0714. The van der Waals surface area contributed by atoms with E-state index in [0.717, 1.165) is 12.1 Å². The Bertz CT molecular complexity index is 702. The van der Waals surface area contributed by atoms with Gasteiger partial charge >= 0.3 is 5.69 Å². The van der Waals surface area contributed by atoms with Gasteiger partial charge < -0.3 is 9.47 Å². The van der Waals surface area contributed by atoms with Crippen molar-refractivity contribution in [1.82, 2.24) is 0 Å². The molecule has 0 N–H and O–H groups in total. The van der Waals surface area contributed by atoms with Crippen LogP contribution < -0.4 is 9.47 Å². The molecule has 2 aromatic carbocycles. The molecule has 0 aliphatic rings. The number of nitro benzene ring substituents is 1. The Labute approximate surface area is 118 Å². The lowest BCUT2D eigenvalue weighted by Gasteiger charge is -2.11. The molecule has 0 aromatic heterocycles. The fourth-order valence-electron chi connectivity index (χ4n) is 1.70. The number of carbonyl (C=O) groups is 1. The summed E-state index contributed by atoms with van der Waals surface area (Å²) >= 11 is 0. The monoisotopic (exact) mass is 291 g/mol. The molecule has 0 fully saturated rings. The molecule has 0 atom stereocenters. The van der Waals surface area contributed by atoms with Crippen molar-refractivity contribution < 1.29 is 23.6 Å². The number of aldehydes is 1. The topological polar surface area (TPSA) is 78.7 Å². The second-order valence-corrected chi connectivity index (χ2v) is 3.98. The van der Waals surface area contributed by atoms with Crippen LogP contribution in [0.25, 0.3) is 0 Å². The SMILES string of the molecule is COc1cccc(F)c1Oc1ccc(C=O)cc1[N+](=O)[O-]. The minimum Gasteiger partial charge on any atom is -0.493 e. The molecule has 0 spiro atoms. The van der Waals surface area contributed by atoms with Gasteiger partial charge in [0.15, 0.2) is 11.6 Å². The summed E-state index contributed by atoms with van der Waals surface area (Å²) in [6.45, 7) is 0. The van der Waals surface area contributed by atoms with Gasteiger partial charge in [-0.2, -0.15) is 0 Å². The van der Waals surface area contributed by atoms with Gasteiger partial charge in [0.1, 0.15) is 6.29 Å². The third kappa shape index (κ3) is 2.97. The molecule has 2 aromatic rings. The first-order chi connectivity index (χ1) is 10.1. The lowest BCUT2D eigenvalue weighted by Crippen LogP contribution is -1.98. The van der Waals surface area contributed by atoms with Crippen LogP contribution in [0.1, 0.15) is 10.4 Å². The highest BCUT2D eigenvalue weighted by molar-refractivity contribution is 5.77. The first-order valence-electron chi connectivity index (χ1n) is 5.80. The van der Waals surface area contributed by atoms with Crippen LogP contribution in [0.15, 0.2) is 36.4 Å². The Morgan fingerprint density at radius 3 is 2.62 bits per heavy atom. The minimum absolute atomic E-state index is 0.101. The summed E-state index contributed by atoms with van der Waals surface area (Å²) in [6, 6.07) is 7.64. The maximum absolute atomic E-state index is 13.8. The molecule has 0 aliphatic heterocycles. The van der Waals surface area contributed by atoms with E-state index in [4.69, 9.17) is 9.47 Å². The van der Waals surface area contributed by atoms with Gasteiger partial charge in [0, 0.05) is 11.6 Å². The van der Waals surface area contributed by atoms with Crippen molar-refractivity contribution in [3.05, 3.63) is 57.9 Å². The number of nitrogens with zero attached hydrogens (tertiary/aromatic N) is 1. The summed E-state index contributed by atoms with van der Waals surface area (Å²) in [4.78, 5) is 21.0. The van der Waals surface area contributed by atoms with Gasteiger partial charge in [-0.05, 0) is 24.3 Å². The highest BCUT2D eigenvalue weighted by Gasteiger charge is 2.20. The molecule has 0 bridgehead atoms. The molecule has 6 nitrogen and oxygen atoms in total. The predicted molar refractivity (Wildman–Crippen MR) is 71.5 cm³/mol. The predicted octanol–water partition coefficient (Wildman–Crippen LogP) is 3.35. The number of benzene rings is 2. The molecule has 108 valence electrons. The van der Waals surface area contributed by atoms with E-state index in [9.17, 15) is 19.3 Å². The van der Waals surface area contributed by atoms with Gasteiger partial charge in [-0.3, -0.25) is 14.9 Å². The van der Waals surface area contributed by atoms with Crippen LogP contribution >= 0.6 is 0 Å². The maximum atomic E-state index is 13.8. The number of para-hydroxylation sites is 1. The molecule has 7 heteroatoms. The van der Waals surface area contributed by atoms with Crippen molar-refractivity contribution in [2.45, 2.75) is 0 Å². The Balaban J connectivity index is 2.49. The normalized spacial score (nSPS) is 10.0. The van der Waals surface area contributed by atoms with Gasteiger partial charge in [0.2, 0.25) is 11.5 Å². The molecular weight excluding hydrogens is 281 g/mol. The second kappa shape index (κ2) is 6.00. The third-order valence-corrected chi connectivity index (χ3v) is 2.68. The van der Waals surface area contributed by atoms with Crippen LogP contribution in [0.5, 0.6) is 17.2 Å². The van der Waals surface area contributed by atoms with Gasteiger partial charge in [0.05, 0.1) is 12.0 Å². The van der Waals surface area contributed by atoms with Crippen LogP contribution in [0.4, 0.5) is 10.1 Å². The smallest absolute Gasteiger partial charge is 0.312 e. The number of halogens is 1. The number of hydrogen-bond donors (Lipinski definition) is 0. The van der Waals surface area contributed by atoms with Gasteiger partial charge in [-0.25, -0.2) is 4.39 Å². The molecule has 0 aliphatic carbocycles. The van der Waals surface area contributed by atoms with Crippen LogP contribution in [-0.4, -0.2) is 18.3 Å². The summed E-state index contributed by atoms with van der Waals surface area (Å²) in [5.74, 6) is -1.07.